The van der Waals surface area contributed by atoms with Gasteiger partial charge in [-0.05, 0) is 42.8 Å². The summed E-state index contributed by atoms with van der Waals surface area (Å²) in [7, 11) is 0. The second-order valence-electron chi connectivity index (χ2n) is 5.98. The first-order valence-corrected chi connectivity index (χ1v) is 8.74. The van der Waals surface area contributed by atoms with Gasteiger partial charge in [-0.15, -0.1) is 0 Å². The molecular weight excluding hydrogens is 357 g/mol. The van der Waals surface area contributed by atoms with Crippen molar-refractivity contribution in [1.29, 1.82) is 0 Å². The molecule has 0 bridgehead atoms. The first-order chi connectivity index (χ1) is 12.5. The van der Waals surface area contributed by atoms with Gasteiger partial charge < -0.3 is 15.4 Å². The number of anilines is 2. The summed E-state index contributed by atoms with van der Waals surface area (Å²) < 4.78 is 19.5. The molecule has 0 saturated carbocycles. The van der Waals surface area contributed by atoms with Crippen molar-refractivity contribution in [1.82, 2.24) is 4.98 Å². The molecule has 0 spiro atoms. The molecule has 1 atom stereocenters. The maximum absolute atomic E-state index is 13.2. The maximum Gasteiger partial charge on any atom is 0.266 e. The van der Waals surface area contributed by atoms with E-state index in [9.17, 15) is 14.0 Å². The number of halogens is 1. The summed E-state index contributed by atoms with van der Waals surface area (Å²) >= 11 is 1.17. The smallest absolute Gasteiger partial charge is 0.266 e. The number of aryl methyl sites for hydroxylation is 1. The van der Waals surface area contributed by atoms with Crippen molar-refractivity contribution in [3.63, 3.8) is 0 Å². The summed E-state index contributed by atoms with van der Waals surface area (Å²) in [5.74, 6) is -0.603. The third kappa shape index (κ3) is 3.23. The molecule has 2 heterocycles. The number of hydrogen-bond donors (Lipinski definition) is 2. The molecule has 1 aliphatic heterocycles. The number of hydrogen-bond acceptors (Lipinski definition) is 5. The summed E-state index contributed by atoms with van der Waals surface area (Å²) in [6.07, 6.45) is -1.07. The van der Waals surface area contributed by atoms with Crippen molar-refractivity contribution in [3.8, 4) is 5.75 Å². The molecule has 2 N–H and O–H groups in total. The standard InChI is InChI=1S/C18H14FN3O3S/c1-9-2-5-13-12(6-9)20-17(24)14(25-13)8-16(23)22-18-21-11-4-3-10(19)7-15(11)26-18/h2-7,14H,8H2,1H3,(H,20,24)(H,21,22,23). The maximum atomic E-state index is 13.2. The highest BCUT2D eigenvalue weighted by atomic mass is 32.1. The Morgan fingerprint density at radius 2 is 2.19 bits per heavy atom. The lowest BCUT2D eigenvalue weighted by Gasteiger charge is -2.25. The monoisotopic (exact) mass is 371 g/mol. The fourth-order valence-corrected chi connectivity index (χ4v) is 3.60. The molecule has 8 heteroatoms. The van der Waals surface area contributed by atoms with Gasteiger partial charge in [0.1, 0.15) is 11.6 Å². The molecule has 0 aliphatic carbocycles. The van der Waals surface area contributed by atoms with Gasteiger partial charge in [-0.2, -0.15) is 0 Å². The van der Waals surface area contributed by atoms with E-state index in [1.807, 2.05) is 19.1 Å². The van der Waals surface area contributed by atoms with Crippen LogP contribution >= 0.6 is 11.3 Å². The Morgan fingerprint density at radius 3 is 3.04 bits per heavy atom. The lowest BCUT2D eigenvalue weighted by Crippen LogP contribution is -2.39. The number of aromatic nitrogens is 1. The molecule has 3 aromatic rings. The molecule has 6 nitrogen and oxygen atoms in total. The summed E-state index contributed by atoms with van der Waals surface area (Å²) in [5, 5.41) is 5.74. The summed E-state index contributed by atoms with van der Waals surface area (Å²) in [5.41, 5.74) is 2.19. The van der Waals surface area contributed by atoms with Gasteiger partial charge in [0.2, 0.25) is 5.91 Å². The van der Waals surface area contributed by atoms with E-state index in [0.717, 1.165) is 5.56 Å². The Bertz CT molecular complexity index is 1030. The fourth-order valence-electron chi connectivity index (χ4n) is 2.69. The van der Waals surface area contributed by atoms with Crippen LogP contribution in [0.15, 0.2) is 36.4 Å². The van der Waals surface area contributed by atoms with Crippen LogP contribution in [0.3, 0.4) is 0 Å². The van der Waals surface area contributed by atoms with Crippen LogP contribution in [0, 0.1) is 12.7 Å². The number of carbonyl (C=O) groups excluding carboxylic acids is 2. The molecule has 0 saturated heterocycles. The lowest BCUT2D eigenvalue weighted by molar-refractivity contribution is -0.128. The Hall–Kier alpha value is -3.00. The minimum atomic E-state index is -0.919. The van der Waals surface area contributed by atoms with E-state index in [-0.39, 0.29) is 18.1 Å². The minimum absolute atomic E-state index is 0.149. The van der Waals surface area contributed by atoms with E-state index in [1.165, 1.54) is 23.5 Å². The first-order valence-electron chi connectivity index (χ1n) is 7.92. The summed E-state index contributed by atoms with van der Waals surface area (Å²) in [4.78, 5) is 28.7. The number of thiazole rings is 1. The van der Waals surface area contributed by atoms with Gasteiger partial charge >= 0.3 is 0 Å². The molecule has 1 aliphatic rings. The Labute approximate surface area is 152 Å². The van der Waals surface area contributed by atoms with Crippen LogP contribution in [0.5, 0.6) is 5.75 Å². The zero-order valence-electron chi connectivity index (χ0n) is 13.7. The predicted molar refractivity (Wildman–Crippen MR) is 97.0 cm³/mol. The average Bonchev–Trinajstić information content (AvgIpc) is 2.96. The highest BCUT2D eigenvalue weighted by Crippen LogP contribution is 2.31. The van der Waals surface area contributed by atoms with Crippen LogP contribution < -0.4 is 15.4 Å². The van der Waals surface area contributed by atoms with Crippen LogP contribution in [0.25, 0.3) is 10.2 Å². The summed E-state index contributed by atoms with van der Waals surface area (Å²) in [6.45, 7) is 1.91. The van der Waals surface area contributed by atoms with Gasteiger partial charge in [-0.25, -0.2) is 9.37 Å². The second kappa shape index (κ2) is 6.38. The third-order valence-corrected chi connectivity index (χ3v) is 4.86. The van der Waals surface area contributed by atoms with E-state index in [2.05, 4.69) is 15.6 Å². The van der Waals surface area contributed by atoms with Gasteiger partial charge in [-0.1, -0.05) is 17.4 Å². The van der Waals surface area contributed by atoms with Crippen molar-refractivity contribution >= 4 is 44.2 Å². The highest BCUT2D eigenvalue weighted by Gasteiger charge is 2.30. The molecule has 2 aromatic carbocycles. The van der Waals surface area contributed by atoms with Gasteiger partial charge in [0.05, 0.1) is 22.3 Å². The van der Waals surface area contributed by atoms with E-state index in [0.29, 0.717) is 26.8 Å². The molecule has 1 aromatic heterocycles. The highest BCUT2D eigenvalue weighted by molar-refractivity contribution is 7.22. The largest absolute Gasteiger partial charge is 0.478 e. The predicted octanol–water partition coefficient (Wildman–Crippen LogP) is 3.47. The first kappa shape index (κ1) is 16.5. The van der Waals surface area contributed by atoms with Crippen LogP contribution in [0.4, 0.5) is 15.2 Å². The number of fused-ring (bicyclic) bond motifs is 2. The molecule has 26 heavy (non-hydrogen) atoms. The lowest BCUT2D eigenvalue weighted by atomic mass is 10.1. The van der Waals surface area contributed by atoms with Crippen molar-refractivity contribution in [3.05, 3.63) is 47.8 Å². The number of amides is 2. The van der Waals surface area contributed by atoms with Gasteiger partial charge in [0.25, 0.3) is 5.91 Å². The third-order valence-electron chi connectivity index (χ3n) is 3.92. The average molecular weight is 371 g/mol. The Kier molecular flexibility index (Phi) is 4.04. The van der Waals surface area contributed by atoms with Gasteiger partial charge in [0.15, 0.2) is 11.2 Å². The Morgan fingerprint density at radius 1 is 1.35 bits per heavy atom. The molecular formula is C18H14FN3O3S. The molecule has 0 fully saturated rings. The van der Waals surface area contributed by atoms with E-state index < -0.39 is 12.0 Å². The van der Waals surface area contributed by atoms with E-state index >= 15 is 0 Å². The molecule has 2 amide bonds. The van der Waals surface area contributed by atoms with Crippen LogP contribution in [-0.4, -0.2) is 22.9 Å². The molecule has 132 valence electrons. The van der Waals surface area contributed by atoms with E-state index in [1.54, 1.807) is 12.1 Å². The zero-order chi connectivity index (χ0) is 18.3. The topological polar surface area (TPSA) is 80.3 Å². The van der Waals surface area contributed by atoms with Crippen LogP contribution in [0.1, 0.15) is 12.0 Å². The second-order valence-corrected chi connectivity index (χ2v) is 7.01. The van der Waals surface area contributed by atoms with Crippen LogP contribution in [-0.2, 0) is 9.59 Å². The number of nitrogens with one attached hydrogen (secondary N) is 2. The molecule has 4 rings (SSSR count). The number of benzene rings is 2. The number of rotatable bonds is 3. The fraction of sp³-hybridized carbons (Fsp3) is 0.167. The zero-order valence-corrected chi connectivity index (χ0v) is 14.5. The van der Waals surface area contributed by atoms with Gasteiger partial charge in [0, 0.05) is 0 Å². The van der Waals surface area contributed by atoms with Crippen LogP contribution in [0.2, 0.25) is 0 Å². The molecule has 1 unspecified atom stereocenters. The quantitative estimate of drug-likeness (QED) is 0.739. The summed E-state index contributed by atoms with van der Waals surface area (Å²) in [6, 6.07) is 9.66. The van der Waals surface area contributed by atoms with Crippen molar-refractivity contribution in [2.24, 2.45) is 0 Å². The van der Waals surface area contributed by atoms with Crippen molar-refractivity contribution < 1.29 is 18.7 Å². The number of nitrogens with zero attached hydrogens (tertiary/aromatic N) is 1. The number of ether oxygens (including phenoxy) is 1. The van der Waals surface area contributed by atoms with Crippen molar-refractivity contribution in [2.75, 3.05) is 10.6 Å². The minimum Gasteiger partial charge on any atom is -0.478 e. The van der Waals surface area contributed by atoms with Gasteiger partial charge in [-0.3, -0.25) is 9.59 Å². The molecule has 0 radical (unpaired) electrons. The SMILES string of the molecule is Cc1ccc2c(c1)NC(=O)C(CC(=O)Nc1nc3ccc(F)cc3s1)O2. The Balaban J connectivity index is 1.45. The van der Waals surface area contributed by atoms with Crippen molar-refractivity contribution in [2.45, 2.75) is 19.4 Å². The van der Waals surface area contributed by atoms with E-state index in [4.69, 9.17) is 4.74 Å². The number of carbonyl (C=O) groups is 2. The normalized spacial score (nSPS) is 15.9.